The maximum absolute atomic E-state index is 4.39. The van der Waals surface area contributed by atoms with Crippen LogP contribution in [0.25, 0.3) is 0 Å². The van der Waals surface area contributed by atoms with Crippen molar-refractivity contribution in [3.05, 3.63) is 11.8 Å². The van der Waals surface area contributed by atoms with Gasteiger partial charge >= 0.3 is 0 Å². The van der Waals surface area contributed by atoms with E-state index in [2.05, 4.69) is 28.7 Å². The average molecular weight is 236 g/mol. The summed E-state index contributed by atoms with van der Waals surface area (Å²) in [5.41, 5.74) is 1.20. The van der Waals surface area contributed by atoms with E-state index in [4.69, 9.17) is 0 Å². The van der Waals surface area contributed by atoms with Crippen molar-refractivity contribution in [2.45, 2.75) is 32.6 Å². The Bertz CT molecular complexity index is 320. The van der Waals surface area contributed by atoms with Gasteiger partial charge in [-0.15, -0.1) is 0 Å². The number of aryl methyl sites for hydroxylation is 2. The van der Waals surface area contributed by atoms with E-state index in [1.807, 2.05) is 11.7 Å². The highest BCUT2D eigenvalue weighted by Gasteiger charge is 2.12. The fourth-order valence-electron chi connectivity index (χ4n) is 2.42. The summed E-state index contributed by atoms with van der Waals surface area (Å²) in [5, 5.41) is 11.2. The maximum Gasteiger partial charge on any atom is 0.148 e. The minimum absolute atomic E-state index is 0.934. The molecule has 0 atom stereocenters. The Labute approximate surface area is 104 Å². The van der Waals surface area contributed by atoms with E-state index >= 15 is 0 Å². The van der Waals surface area contributed by atoms with Crippen LogP contribution < -0.4 is 10.6 Å². The number of nitrogens with zero attached hydrogens (tertiary/aromatic N) is 2. The number of nitrogens with one attached hydrogen (secondary N) is 2. The van der Waals surface area contributed by atoms with Crippen LogP contribution in [0.3, 0.4) is 0 Å². The zero-order valence-electron chi connectivity index (χ0n) is 11.0. The van der Waals surface area contributed by atoms with E-state index in [-0.39, 0.29) is 0 Å². The molecule has 1 aromatic heterocycles. The Morgan fingerprint density at radius 2 is 2.24 bits per heavy atom. The summed E-state index contributed by atoms with van der Waals surface area (Å²) in [5.74, 6) is 1.94. The first-order valence-electron chi connectivity index (χ1n) is 6.71. The molecule has 0 amide bonds. The summed E-state index contributed by atoms with van der Waals surface area (Å²) < 4.78 is 1.91. The van der Waals surface area contributed by atoms with Gasteiger partial charge in [-0.25, -0.2) is 0 Å². The van der Waals surface area contributed by atoms with Crippen LogP contribution in [0, 0.1) is 12.8 Å². The monoisotopic (exact) mass is 236 g/mol. The number of aromatic nitrogens is 2. The van der Waals surface area contributed by atoms with E-state index in [0.717, 1.165) is 18.3 Å². The average Bonchev–Trinajstić information content (AvgIpc) is 2.66. The van der Waals surface area contributed by atoms with Crippen molar-refractivity contribution < 1.29 is 0 Å². The molecule has 1 fully saturated rings. The molecule has 0 unspecified atom stereocenters. The third kappa shape index (κ3) is 3.73. The van der Waals surface area contributed by atoms with Crippen LogP contribution in [0.2, 0.25) is 0 Å². The second kappa shape index (κ2) is 6.05. The molecule has 4 heteroatoms. The lowest BCUT2D eigenvalue weighted by Crippen LogP contribution is -2.27. The zero-order chi connectivity index (χ0) is 12.1. The van der Waals surface area contributed by atoms with E-state index in [9.17, 15) is 0 Å². The number of piperidine rings is 1. The molecule has 1 aliphatic rings. The van der Waals surface area contributed by atoms with Gasteiger partial charge in [-0.3, -0.25) is 4.68 Å². The Kier molecular flexibility index (Phi) is 4.42. The standard InChI is InChI=1S/C13H24N4/c1-11-10-13(16-17(11)2)15-7-3-4-12-5-8-14-9-6-12/h10,12,14H,3-9H2,1-2H3,(H,15,16). The number of hydrogen-bond donors (Lipinski definition) is 2. The predicted octanol–water partition coefficient (Wildman–Crippen LogP) is 1.92. The lowest BCUT2D eigenvalue weighted by atomic mass is 9.93. The predicted molar refractivity (Wildman–Crippen MR) is 71.3 cm³/mol. The van der Waals surface area contributed by atoms with Gasteiger partial charge in [0.05, 0.1) is 0 Å². The van der Waals surface area contributed by atoms with Crippen LogP contribution in [-0.4, -0.2) is 29.4 Å². The molecule has 0 aromatic carbocycles. The van der Waals surface area contributed by atoms with E-state index in [0.29, 0.717) is 0 Å². The minimum Gasteiger partial charge on any atom is -0.369 e. The van der Waals surface area contributed by atoms with Crippen molar-refractivity contribution in [1.82, 2.24) is 15.1 Å². The fraction of sp³-hybridized carbons (Fsp3) is 0.769. The van der Waals surface area contributed by atoms with Crippen molar-refractivity contribution in [2.75, 3.05) is 25.0 Å². The smallest absolute Gasteiger partial charge is 0.148 e. The van der Waals surface area contributed by atoms with Gasteiger partial charge in [0.15, 0.2) is 0 Å². The minimum atomic E-state index is 0.934. The molecule has 1 aromatic rings. The third-order valence-corrected chi connectivity index (χ3v) is 3.67. The Hall–Kier alpha value is -1.03. The number of hydrogen-bond acceptors (Lipinski definition) is 3. The molecule has 0 radical (unpaired) electrons. The highest BCUT2D eigenvalue weighted by Crippen LogP contribution is 2.17. The van der Waals surface area contributed by atoms with Crippen LogP contribution in [0.15, 0.2) is 6.07 Å². The van der Waals surface area contributed by atoms with Crippen molar-refractivity contribution in [3.63, 3.8) is 0 Å². The molecular formula is C13H24N4. The fourth-order valence-corrected chi connectivity index (χ4v) is 2.42. The Morgan fingerprint density at radius 1 is 1.47 bits per heavy atom. The van der Waals surface area contributed by atoms with E-state index in [1.165, 1.54) is 44.5 Å². The quantitative estimate of drug-likeness (QED) is 0.768. The third-order valence-electron chi connectivity index (χ3n) is 3.67. The first-order valence-corrected chi connectivity index (χ1v) is 6.71. The summed E-state index contributed by atoms with van der Waals surface area (Å²) in [6.45, 7) is 5.53. The first kappa shape index (κ1) is 12.4. The molecule has 0 spiro atoms. The summed E-state index contributed by atoms with van der Waals surface area (Å²) in [7, 11) is 1.98. The van der Waals surface area contributed by atoms with Crippen LogP contribution >= 0.6 is 0 Å². The van der Waals surface area contributed by atoms with E-state index in [1.54, 1.807) is 0 Å². The molecule has 0 saturated carbocycles. The highest BCUT2D eigenvalue weighted by molar-refractivity contribution is 5.35. The van der Waals surface area contributed by atoms with Crippen molar-refractivity contribution in [1.29, 1.82) is 0 Å². The van der Waals surface area contributed by atoms with Crippen LogP contribution in [0.5, 0.6) is 0 Å². The number of anilines is 1. The molecule has 1 aliphatic heterocycles. The van der Waals surface area contributed by atoms with Gasteiger partial charge in [0.1, 0.15) is 5.82 Å². The van der Waals surface area contributed by atoms with Crippen molar-refractivity contribution in [2.24, 2.45) is 13.0 Å². The normalized spacial score (nSPS) is 17.3. The molecule has 2 rings (SSSR count). The molecule has 0 aliphatic carbocycles. The molecule has 96 valence electrons. The Morgan fingerprint density at radius 3 is 2.88 bits per heavy atom. The summed E-state index contributed by atoms with van der Waals surface area (Å²) >= 11 is 0. The topological polar surface area (TPSA) is 41.9 Å². The lowest BCUT2D eigenvalue weighted by molar-refractivity contribution is 0.350. The van der Waals surface area contributed by atoms with Gasteiger partial charge in [0.25, 0.3) is 0 Å². The molecule has 17 heavy (non-hydrogen) atoms. The molecule has 0 bridgehead atoms. The zero-order valence-corrected chi connectivity index (χ0v) is 11.0. The largest absolute Gasteiger partial charge is 0.369 e. The molecule has 2 N–H and O–H groups in total. The second-order valence-corrected chi connectivity index (χ2v) is 5.06. The van der Waals surface area contributed by atoms with Crippen molar-refractivity contribution >= 4 is 5.82 Å². The summed E-state index contributed by atoms with van der Waals surface area (Å²) in [6, 6.07) is 2.10. The van der Waals surface area contributed by atoms with Crippen LogP contribution in [0.1, 0.15) is 31.4 Å². The van der Waals surface area contributed by atoms with E-state index < -0.39 is 0 Å². The van der Waals surface area contributed by atoms with Gasteiger partial charge < -0.3 is 10.6 Å². The van der Waals surface area contributed by atoms with Crippen LogP contribution in [-0.2, 0) is 7.05 Å². The second-order valence-electron chi connectivity index (χ2n) is 5.06. The summed E-state index contributed by atoms with van der Waals surface area (Å²) in [6.07, 6.45) is 5.30. The van der Waals surface area contributed by atoms with Gasteiger partial charge in [0.2, 0.25) is 0 Å². The SMILES string of the molecule is Cc1cc(NCCCC2CCNCC2)nn1C. The van der Waals surface area contributed by atoms with Gasteiger partial charge in [-0.2, -0.15) is 5.10 Å². The Balaban J connectivity index is 1.62. The molecular weight excluding hydrogens is 212 g/mol. The van der Waals surface area contributed by atoms with Gasteiger partial charge in [0, 0.05) is 25.4 Å². The first-order chi connectivity index (χ1) is 8.25. The van der Waals surface area contributed by atoms with Gasteiger partial charge in [-0.1, -0.05) is 0 Å². The molecule has 2 heterocycles. The molecule has 1 saturated heterocycles. The molecule has 4 nitrogen and oxygen atoms in total. The number of rotatable bonds is 5. The lowest BCUT2D eigenvalue weighted by Gasteiger charge is -2.22. The summed E-state index contributed by atoms with van der Waals surface area (Å²) in [4.78, 5) is 0. The highest BCUT2D eigenvalue weighted by atomic mass is 15.3. The van der Waals surface area contributed by atoms with Gasteiger partial charge in [-0.05, 0) is 51.6 Å². The van der Waals surface area contributed by atoms with Crippen molar-refractivity contribution in [3.8, 4) is 0 Å². The maximum atomic E-state index is 4.39. The van der Waals surface area contributed by atoms with Crippen LogP contribution in [0.4, 0.5) is 5.82 Å².